The van der Waals surface area contributed by atoms with Crippen LogP contribution in [0, 0.1) is 0 Å². The predicted octanol–water partition coefficient (Wildman–Crippen LogP) is 1.92. The highest BCUT2D eigenvalue weighted by atomic mass is 16.2. The number of carbonyl (C=O) groups excluding carboxylic acids is 2. The number of hydrogen-bond acceptors (Lipinski definition) is 3. The number of urea groups is 1. The Kier molecular flexibility index (Phi) is 5.79. The summed E-state index contributed by atoms with van der Waals surface area (Å²) in [5.74, 6) is 0.123. The van der Waals surface area contributed by atoms with E-state index in [9.17, 15) is 9.59 Å². The number of benzene rings is 1. The number of anilines is 1. The summed E-state index contributed by atoms with van der Waals surface area (Å²) in [5.41, 5.74) is 1.22. The van der Waals surface area contributed by atoms with Crippen LogP contribution in [0.1, 0.15) is 26.2 Å². The van der Waals surface area contributed by atoms with Gasteiger partial charge >= 0.3 is 6.03 Å². The average molecular weight is 344 g/mol. The molecule has 1 aromatic rings. The Balaban J connectivity index is 1.48. The number of likely N-dealkylation sites (tertiary alicyclic amines) is 1. The first-order valence-corrected chi connectivity index (χ1v) is 9.24. The van der Waals surface area contributed by atoms with Crippen LogP contribution in [0.15, 0.2) is 30.3 Å². The predicted molar refractivity (Wildman–Crippen MR) is 98.7 cm³/mol. The van der Waals surface area contributed by atoms with E-state index < -0.39 is 0 Å². The van der Waals surface area contributed by atoms with E-state index in [1.807, 2.05) is 15.9 Å². The third kappa shape index (κ3) is 4.65. The fourth-order valence-electron chi connectivity index (χ4n) is 3.62. The zero-order chi connectivity index (χ0) is 17.6. The monoisotopic (exact) mass is 344 g/mol. The Morgan fingerprint density at radius 3 is 2.32 bits per heavy atom. The maximum atomic E-state index is 12.6. The van der Waals surface area contributed by atoms with Crippen LogP contribution >= 0.6 is 0 Å². The van der Waals surface area contributed by atoms with Crippen molar-refractivity contribution in [2.24, 2.45) is 0 Å². The lowest BCUT2D eigenvalue weighted by Gasteiger charge is -2.33. The van der Waals surface area contributed by atoms with E-state index in [1.54, 1.807) is 6.92 Å². The number of nitrogens with zero attached hydrogens (tertiary/aromatic N) is 3. The average Bonchev–Trinajstić information content (AvgIpc) is 2.89. The molecule has 0 aromatic heterocycles. The Morgan fingerprint density at radius 2 is 1.64 bits per heavy atom. The molecule has 0 atom stereocenters. The maximum absolute atomic E-state index is 12.6. The van der Waals surface area contributed by atoms with Gasteiger partial charge in [-0.3, -0.25) is 4.79 Å². The molecule has 2 aliphatic heterocycles. The van der Waals surface area contributed by atoms with Crippen molar-refractivity contribution in [2.45, 2.75) is 32.2 Å². The first kappa shape index (κ1) is 17.6. The molecule has 0 spiro atoms. The summed E-state index contributed by atoms with van der Waals surface area (Å²) in [7, 11) is 0. The molecular formula is C19H28N4O2. The van der Waals surface area contributed by atoms with Crippen molar-refractivity contribution < 1.29 is 9.59 Å². The van der Waals surface area contributed by atoms with Crippen molar-refractivity contribution >= 4 is 17.6 Å². The van der Waals surface area contributed by atoms with Crippen LogP contribution in [0.3, 0.4) is 0 Å². The standard InChI is InChI=1S/C19H28N4O2/c1-16(24)21-12-8-17(9-13-21)20-19(25)23-11-5-10-22(14-15-23)18-6-3-2-4-7-18/h2-4,6-7,17H,5,8-15H2,1H3,(H,20,25). The van der Waals surface area contributed by atoms with Gasteiger partial charge in [-0.05, 0) is 31.4 Å². The van der Waals surface area contributed by atoms with E-state index >= 15 is 0 Å². The topological polar surface area (TPSA) is 55.9 Å². The zero-order valence-electron chi connectivity index (χ0n) is 15.0. The Bertz CT molecular complexity index is 584. The van der Waals surface area contributed by atoms with Gasteiger partial charge in [0.1, 0.15) is 0 Å². The lowest BCUT2D eigenvalue weighted by atomic mass is 10.1. The van der Waals surface area contributed by atoms with Crippen molar-refractivity contribution in [3.8, 4) is 0 Å². The zero-order valence-corrected chi connectivity index (χ0v) is 15.0. The molecule has 0 unspecified atom stereocenters. The first-order valence-electron chi connectivity index (χ1n) is 9.24. The van der Waals surface area contributed by atoms with Crippen LogP contribution in [-0.4, -0.2) is 67.0 Å². The second-order valence-corrected chi connectivity index (χ2v) is 6.89. The van der Waals surface area contributed by atoms with Crippen molar-refractivity contribution in [3.05, 3.63) is 30.3 Å². The fraction of sp³-hybridized carbons (Fsp3) is 0.579. The minimum Gasteiger partial charge on any atom is -0.370 e. The van der Waals surface area contributed by atoms with Gasteiger partial charge in [0, 0.05) is 57.9 Å². The number of nitrogens with one attached hydrogen (secondary N) is 1. The lowest BCUT2D eigenvalue weighted by molar-refractivity contribution is -0.129. The van der Waals surface area contributed by atoms with Crippen LogP contribution in [-0.2, 0) is 4.79 Å². The van der Waals surface area contributed by atoms with Crippen LogP contribution in [0.5, 0.6) is 0 Å². The van der Waals surface area contributed by atoms with Crippen molar-refractivity contribution in [3.63, 3.8) is 0 Å². The highest BCUT2D eigenvalue weighted by Crippen LogP contribution is 2.16. The van der Waals surface area contributed by atoms with Gasteiger partial charge in [-0.25, -0.2) is 4.79 Å². The molecule has 2 aliphatic rings. The number of rotatable bonds is 2. The molecule has 6 nitrogen and oxygen atoms in total. The van der Waals surface area contributed by atoms with E-state index in [2.05, 4.69) is 34.5 Å². The molecule has 0 aliphatic carbocycles. The summed E-state index contributed by atoms with van der Waals surface area (Å²) in [4.78, 5) is 30.1. The molecule has 2 heterocycles. The van der Waals surface area contributed by atoms with E-state index in [0.29, 0.717) is 0 Å². The second kappa shape index (κ2) is 8.23. The summed E-state index contributed by atoms with van der Waals surface area (Å²) in [6.07, 6.45) is 2.66. The molecular weight excluding hydrogens is 316 g/mol. The summed E-state index contributed by atoms with van der Waals surface area (Å²) < 4.78 is 0. The van der Waals surface area contributed by atoms with Crippen LogP contribution in [0.25, 0.3) is 0 Å². The van der Waals surface area contributed by atoms with Crippen molar-refractivity contribution in [1.82, 2.24) is 15.1 Å². The SMILES string of the molecule is CC(=O)N1CCC(NC(=O)N2CCCN(c3ccccc3)CC2)CC1. The van der Waals surface area contributed by atoms with Gasteiger partial charge in [0.25, 0.3) is 0 Å². The van der Waals surface area contributed by atoms with Gasteiger partial charge in [-0.1, -0.05) is 18.2 Å². The quantitative estimate of drug-likeness (QED) is 0.892. The molecule has 136 valence electrons. The van der Waals surface area contributed by atoms with Crippen LogP contribution in [0.4, 0.5) is 10.5 Å². The minimum atomic E-state index is 0.0381. The first-order chi connectivity index (χ1) is 12.1. The maximum Gasteiger partial charge on any atom is 0.317 e. The van der Waals surface area contributed by atoms with E-state index in [0.717, 1.165) is 58.5 Å². The van der Waals surface area contributed by atoms with Gasteiger partial charge in [0.2, 0.25) is 5.91 Å². The molecule has 2 fully saturated rings. The number of amides is 3. The summed E-state index contributed by atoms with van der Waals surface area (Å²) in [6, 6.07) is 10.6. The number of para-hydroxylation sites is 1. The fourth-order valence-corrected chi connectivity index (χ4v) is 3.62. The number of piperidine rings is 1. The highest BCUT2D eigenvalue weighted by molar-refractivity contribution is 5.75. The molecule has 25 heavy (non-hydrogen) atoms. The minimum absolute atomic E-state index is 0.0381. The number of carbonyl (C=O) groups is 2. The van der Waals surface area contributed by atoms with Crippen molar-refractivity contribution in [2.75, 3.05) is 44.2 Å². The van der Waals surface area contributed by atoms with Gasteiger partial charge in [0.15, 0.2) is 0 Å². The van der Waals surface area contributed by atoms with Gasteiger partial charge < -0.3 is 20.0 Å². The molecule has 3 rings (SSSR count). The van der Waals surface area contributed by atoms with Crippen LogP contribution in [0.2, 0.25) is 0 Å². The molecule has 1 N–H and O–H groups in total. The summed E-state index contributed by atoms with van der Waals surface area (Å²) >= 11 is 0. The molecule has 0 bridgehead atoms. The molecule has 3 amide bonds. The molecule has 0 saturated carbocycles. The smallest absolute Gasteiger partial charge is 0.317 e. The highest BCUT2D eigenvalue weighted by Gasteiger charge is 2.25. The van der Waals surface area contributed by atoms with E-state index in [4.69, 9.17) is 0 Å². The molecule has 0 radical (unpaired) electrons. The van der Waals surface area contributed by atoms with E-state index in [-0.39, 0.29) is 18.0 Å². The summed E-state index contributed by atoms with van der Waals surface area (Å²) in [5, 5.41) is 3.16. The number of hydrogen-bond donors (Lipinski definition) is 1. The summed E-state index contributed by atoms with van der Waals surface area (Å²) in [6.45, 7) is 6.46. The van der Waals surface area contributed by atoms with Gasteiger partial charge in [-0.15, -0.1) is 0 Å². The van der Waals surface area contributed by atoms with Crippen LogP contribution < -0.4 is 10.2 Å². The Hall–Kier alpha value is -2.24. The van der Waals surface area contributed by atoms with Gasteiger partial charge in [0.05, 0.1) is 0 Å². The third-order valence-electron chi connectivity index (χ3n) is 5.17. The molecule has 6 heteroatoms. The van der Waals surface area contributed by atoms with Gasteiger partial charge in [-0.2, -0.15) is 0 Å². The van der Waals surface area contributed by atoms with Crippen molar-refractivity contribution in [1.29, 1.82) is 0 Å². The van der Waals surface area contributed by atoms with E-state index in [1.165, 1.54) is 5.69 Å². The second-order valence-electron chi connectivity index (χ2n) is 6.89. The lowest BCUT2D eigenvalue weighted by Crippen LogP contribution is -2.50. The Labute approximate surface area is 149 Å². The molecule has 1 aromatic carbocycles. The third-order valence-corrected chi connectivity index (χ3v) is 5.17. The Morgan fingerprint density at radius 1 is 0.920 bits per heavy atom. The molecule has 2 saturated heterocycles. The normalized spacial score (nSPS) is 19.5. The largest absolute Gasteiger partial charge is 0.370 e.